The Kier molecular flexibility index (Phi) is 9.92. The molecule has 3 heteroatoms. The van der Waals surface area contributed by atoms with E-state index in [0.29, 0.717) is 5.84 Å². The lowest BCUT2D eigenvalue weighted by Crippen LogP contribution is -2.12. The average Bonchev–Trinajstić information content (AvgIpc) is 2.54. The number of allylic oxidation sites excluding steroid dienone is 6. The summed E-state index contributed by atoms with van der Waals surface area (Å²) in [5.41, 5.74) is 8.80. The second kappa shape index (κ2) is 11.3. The molecule has 1 aromatic rings. The predicted octanol–water partition coefficient (Wildman–Crippen LogP) is 3.92. The molecule has 0 unspecified atom stereocenters. The van der Waals surface area contributed by atoms with Crippen LogP contribution in [0.3, 0.4) is 0 Å². The van der Waals surface area contributed by atoms with Gasteiger partial charge in [0, 0.05) is 25.3 Å². The Balaban J connectivity index is 0.000000400. The molecule has 1 aromatic carbocycles. The molecule has 0 fully saturated rings. The number of aliphatic imine (C=N–C) groups is 1. The Labute approximate surface area is 128 Å². The van der Waals surface area contributed by atoms with Crippen LogP contribution in [0.5, 0.6) is 0 Å². The van der Waals surface area contributed by atoms with Gasteiger partial charge in [-0.05, 0) is 31.2 Å². The highest BCUT2D eigenvalue weighted by Crippen LogP contribution is 2.07. The van der Waals surface area contributed by atoms with Crippen molar-refractivity contribution in [2.45, 2.75) is 6.92 Å². The van der Waals surface area contributed by atoms with Crippen LogP contribution >= 0.6 is 0 Å². The molecule has 0 bridgehead atoms. The van der Waals surface area contributed by atoms with Gasteiger partial charge >= 0.3 is 0 Å². The summed E-state index contributed by atoms with van der Waals surface area (Å²) in [6, 6.07) is 7.81. The molecule has 0 amide bonds. The monoisotopic (exact) mass is 283 g/mol. The maximum atomic E-state index is 5.62. The van der Waals surface area contributed by atoms with Crippen molar-refractivity contribution in [3.05, 3.63) is 78.9 Å². The number of nitrogens with two attached hydrogens (primary N) is 1. The number of hydrogen-bond donors (Lipinski definition) is 2. The highest BCUT2D eigenvalue weighted by Gasteiger charge is 1.95. The van der Waals surface area contributed by atoms with Crippen LogP contribution in [0.4, 0.5) is 5.69 Å². The largest absolute Gasteiger partial charge is 0.388 e. The molecule has 0 aliphatic carbocycles. The molecule has 0 heterocycles. The average molecular weight is 283 g/mol. The van der Waals surface area contributed by atoms with Gasteiger partial charge in [0.2, 0.25) is 0 Å². The number of anilines is 1. The van der Waals surface area contributed by atoms with E-state index in [0.717, 1.165) is 16.8 Å². The van der Waals surface area contributed by atoms with Gasteiger partial charge in [0.1, 0.15) is 5.84 Å². The first-order chi connectivity index (χ1) is 10.1. The maximum Gasteiger partial charge on any atom is 0.125 e. The zero-order valence-corrected chi connectivity index (χ0v) is 13.1. The van der Waals surface area contributed by atoms with E-state index in [9.17, 15) is 0 Å². The Morgan fingerprint density at radius 1 is 1.19 bits per heavy atom. The van der Waals surface area contributed by atoms with Crippen molar-refractivity contribution in [3.8, 4) is 0 Å². The fourth-order valence-electron chi connectivity index (χ4n) is 1.29. The highest BCUT2D eigenvalue weighted by atomic mass is 14.8. The van der Waals surface area contributed by atoms with Crippen LogP contribution in [0.2, 0.25) is 0 Å². The van der Waals surface area contributed by atoms with Gasteiger partial charge in [-0.25, -0.2) is 0 Å². The van der Waals surface area contributed by atoms with Crippen LogP contribution in [0, 0.1) is 0 Å². The van der Waals surface area contributed by atoms with Gasteiger partial charge in [0.25, 0.3) is 0 Å². The quantitative estimate of drug-likeness (QED) is 0.489. The fourth-order valence-corrected chi connectivity index (χ4v) is 1.29. The van der Waals surface area contributed by atoms with Crippen LogP contribution in [-0.4, -0.2) is 19.9 Å². The van der Waals surface area contributed by atoms with E-state index in [2.05, 4.69) is 23.5 Å². The van der Waals surface area contributed by atoms with Crippen LogP contribution in [-0.2, 0) is 0 Å². The SMILES string of the molecule is C=C/C=C\C=C(/C)C=C.CN=C(N)c1ccc(NC)cc1. The normalized spacial score (nSPS) is 11.6. The molecule has 1 rings (SSSR count). The molecule has 0 aliphatic heterocycles. The van der Waals surface area contributed by atoms with Crippen molar-refractivity contribution in [2.24, 2.45) is 10.7 Å². The Morgan fingerprint density at radius 2 is 1.81 bits per heavy atom. The van der Waals surface area contributed by atoms with E-state index in [-0.39, 0.29) is 0 Å². The summed E-state index contributed by atoms with van der Waals surface area (Å²) < 4.78 is 0. The van der Waals surface area contributed by atoms with E-state index in [4.69, 9.17) is 5.73 Å². The van der Waals surface area contributed by atoms with E-state index in [1.54, 1.807) is 13.1 Å². The van der Waals surface area contributed by atoms with E-state index in [1.165, 1.54) is 0 Å². The van der Waals surface area contributed by atoms with Crippen LogP contribution in [0.1, 0.15) is 12.5 Å². The molecular formula is C18H25N3. The van der Waals surface area contributed by atoms with Crippen LogP contribution in [0.15, 0.2) is 78.4 Å². The summed E-state index contributed by atoms with van der Waals surface area (Å²) in [5, 5.41) is 3.03. The maximum absolute atomic E-state index is 5.62. The van der Waals surface area contributed by atoms with Gasteiger partial charge in [0.15, 0.2) is 0 Å². The number of rotatable bonds is 5. The van der Waals surface area contributed by atoms with Gasteiger partial charge in [-0.15, -0.1) is 0 Å². The lowest BCUT2D eigenvalue weighted by Gasteiger charge is -2.01. The standard InChI is InChI=1S/C9H13N3.C9H12/c1-11-8-5-3-7(4-6-8)9(10)12-2;1-4-6-7-8-9(3)5-2/h3-6,11H,1-2H3,(H2,10,12);4-8H,1-2H2,3H3/b;7-6-,9-8+. The molecule has 21 heavy (non-hydrogen) atoms. The van der Waals surface area contributed by atoms with Crippen molar-refractivity contribution in [1.82, 2.24) is 0 Å². The summed E-state index contributed by atoms with van der Waals surface area (Å²) >= 11 is 0. The molecule has 112 valence electrons. The van der Waals surface area contributed by atoms with Gasteiger partial charge in [-0.3, -0.25) is 4.99 Å². The minimum Gasteiger partial charge on any atom is -0.388 e. The molecule has 3 nitrogen and oxygen atoms in total. The summed E-state index contributed by atoms with van der Waals surface area (Å²) in [6.07, 6.45) is 9.35. The van der Waals surface area contributed by atoms with Gasteiger partial charge in [0.05, 0.1) is 0 Å². The Bertz CT molecular complexity index is 520. The third kappa shape index (κ3) is 8.26. The minimum absolute atomic E-state index is 0.567. The third-order valence-electron chi connectivity index (χ3n) is 2.64. The number of amidine groups is 1. The van der Waals surface area contributed by atoms with Crippen molar-refractivity contribution >= 4 is 11.5 Å². The molecule has 0 saturated carbocycles. The van der Waals surface area contributed by atoms with E-state index < -0.39 is 0 Å². The van der Waals surface area contributed by atoms with Crippen LogP contribution in [0.25, 0.3) is 0 Å². The highest BCUT2D eigenvalue weighted by molar-refractivity contribution is 5.97. The summed E-state index contributed by atoms with van der Waals surface area (Å²) in [6.45, 7) is 9.15. The summed E-state index contributed by atoms with van der Waals surface area (Å²) in [7, 11) is 3.56. The summed E-state index contributed by atoms with van der Waals surface area (Å²) in [5.74, 6) is 0.567. The minimum atomic E-state index is 0.567. The first-order valence-corrected chi connectivity index (χ1v) is 6.67. The molecule has 0 radical (unpaired) electrons. The van der Waals surface area contributed by atoms with Crippen molar-refractivity contribution in [3.63, 3.8) is 0 Å². The summed E-state index contributed by atoms with van der Waals surface area (Å²) in [4.78, 5) is 3.89. The zero-order chi connectivity index (χ0) is 16.1. The first-order valence-electron chi connectivity index (χ1n) is 6.67. The predicted molar refractivity (Wildman–Crippen MR) is 95.9 cm³/mol. The van der Waals surface area contributed by atoms with E-state index >= 15 is 0 Å². The Morgan fingerprint density at radius 3 is 2.24 bits per heavy atom. The molecule has 0 aliphatic rings. The Hall–Kier alpha value is -2.55. The number of nitrogens with zero attached hydrogens (tertiary/aromatic N) is 1. The van der Waals surface area contributed by atoms with Gasteiger partial charge in [-0.2, -0.15) is 0 Å². The lowest BCUT2D eigenvalue weighted by atomic mass is 10.2. The lowest BCUT2D eigenvalue weighted by molar-refractivity contribution is 1.39. The molecule has 3 N–H and O–H groups in total. The number of hydrogen-bond acceptors (Lipinski definition) is 2. The second-order valence-corrected chi connectivity index (χ2v) is 4.17. The third-order valence-corrected chi connectivity index (χ3v) is 2.64. The molecular weight excluding hydrogens is 258 g/mol. The van der Waals surface area contributed by atoms with Crippen LogP contribution < -0.4 is 11.1 Å². The molecule has 0 spiro atoms. The van der Waals surface area contributed by atoms with Gasteiger partial charge < -0.3 is 11.1 Å². The van der Waals surface area contributed by atoms with Gasteiger partial charge in [-0.1, -0.05) is 49.1 Å². The fraction of sp³-hybridized carbons (Fsp3) is 0.167. The second-order valence-electron chi connectivity index (χ2n) is 4.17. The van der Waals surface area contributed by atoms with E-state index in [1.807, 2.05) is 62.5 Å². The first kappa shape index (κ1) is 18.4. The topological polar surface area (TPSA) is 50.4 Å². The smallest absolute Gasteiger partial charge is 0.125 e. The van der Waals surface area contributed by atoms with Crippen molar-refractivity contribution in [2.75, 3.05) is 19.4 Å². The number of nitrogens with one attached hydrogen (secondary N) is 1. The molecule has 0 saturated heterocycles. The van der Waals surface area contributed by atoms with Crippen molar-refractivity contribution < 1.29 is 0 Å². The molecule has 0 atom stereocenters. The number of benzene rings is 1. The zero-order valence-electron chi connectivity index (χ0n) is 13.1. The van der Waals surface area contributed by atoms with Crippen molar-refractivity contribution in [1.29, 1.82) is 0 Å². The molecule has 0 aromatic heterocycles.